The maximum absolute atomic E-state index is 2.12. The fourth-order valence-electron chi connectivity index (χ4n) is 1.13. The van der Waals surface area contributed by atoms with Crippen molar-refractivity contribution in [1.29, 1.82) is 0 Å². The third-order valence-electron chi connectivity index (χ3n) is 1.66. The summed E-state index contributed by atoms with van der Waals surface area (Å²) in [6, 6.07) is 16.7. The van der Waals surface area contributed by atoms with E-state index < -0.39 is 0 Å². The summed E-state index contributed by atoms with van der Waals surface area (Å²) in [5, 5.41) is 2.62. The van der Waals surface area contributed by atoms with Crippen molar-refractivity contribution in [3.8, 4) is 0 Å². The number of fused-ring (bicyclic) bond motifs is 1. The Morgan fingerprint density at radius 2 is 0.917 bits per heavy atom. The van der Waals surface area contributed by atoms with Crippen molar-refractivity contribution in [2.24, 2.45) is 0 Å². The van der Waals surface area contributed by atoms with Gasteiger partial charge in [-0.2, -0.15) is 0 Å². The van der Waals surface area contributed by atoms with Gasteiger partial charge in [-0.15, -0.1) is 0 Å². The molecule has 0 saturated heterocycles. The van der Waals surface area contributed by atoms with Crippen LogP contribution in [-0.4, -0.2) is 28.5 Å². The van der Waals surface area contributed by atoms with Crippen molar-refractivity contribution in [1.82, 2.24) is 0 Å². The van der Waals surface area contributed by atoms with E-state index in [-0.39, 0.29) is 31.4 Å². The van der Waals surface area contributed by atoms with Gasteiger partial charge in [0.15, 0.2) is 0 Å². The van der Waals surface area contributed by atoms with Gasteiger partial charge >= 0.3 is 23.1 Å². The maximum atomic E-state index is 2.12. The molecule has 1 nitrogen and oxygen atoms in total. The van der Waals surface area contributed by atoms with E-state index in [1.165, 1.54) is 10.8 Å². The van der Waals surface area contributed by atoms with Crippen LogP contribution in [0.1, 0.15) is 2.85 Å². The summed E-state index contributed by atoms with van der Waals surface area (Å²) in [6.45, 7) is 0. The summed E-state index contributed by atoms with van der Waals surface area (Å²) in [5.41, 5.74) is 0. The van der Waals surface area contributed by atoms with Crippen LogP contribution in [0.2, 0.25) is 0 Å². The van der Waals surface area contributed by atoms with E-state index in [1.54, 1.807) is 0 Å². The van der Waals surface area contributed by atoms with E-state index in [4.69, 9.17) is 0 Å². The first-order valence-corrected chi connectivity index (χ1v) is 3.40. The van der Waals surface area contributed by atoms with Crippen LogP contribution < -0.4 is 0 Å². The first-order chi connectivity index (χ1) is 4.97. The number of hydrogen-bond acceptors (Lipinski definition) is 0. The monoisotopic (exact) mass is 172 g/mol. The number of benzene rings is 2. The first kappa shape index (κ1) is 11.4. The molecule has 0 saturated carbocycles. The van der Waals surface area contributed by atoms with Gasteiger partial charge in [0.2, 0.25) is 0 Å². The van der Waals surface area contributed by atoms with Gasteiger partial charge in [0.1, 0.15) is 0 Å². The minimum absolute atomic E-state index is 0. The third-order valence-corrected chi connectivity index (χ3v) is 1.66. The molecule has 0 aromatic heterocycles. The molecule has 2 aromatic rings. The summed E-state index contributed by atoms with van der Waals surface area (Å²) in [6.07, 6.45) is 0. The molecule has 12 heavy (non-hydrogen) atoms. The minimum atomic E-state index is 0. The second-order valence-corrected chi connectivity index (χ2v) is 2.35. The first-order valence-electron chi connectivity index (χ1n) is 3.40. The summed E-state index contributed by atoms with van der Waals surface area (Å²) in [7, 11) is 0. The van der Waals surface area contributed by atoms with Gasteiger partial charge in [0.25, 0.3) is 0 Å². The van der Waals surface area contributed by atoms with Crippen LogP contribution in [0.3, 0.4) is 0 Å². The molecule has 0 amide bonds. The van der Waals surface area contributed by atoms with Gasteiger partial charge in [-0.3, -0.25) is 0 Å². The molecule has 2 rings (SSSR count). The molecular formula is C10H12MgO. The second-order valence-electron chi connectivity index (χ2n) is 2.35. The van der Waals surface area contributed by atoms with Crippen LogP contribution in [0.5, 0.6) is 0 Å². The Labute approximate surface area is 90.8 Å². The standard InChI is InChI=1S/C10H8.Mg.H2O.2H/c1-2-6-10-8-4-3-7-9(10)5-1;;;;/h1-8H;;1H2;;/q;+2;;2*-1. The van der Waals surface area contributed by atoms with Crippen LogP contribution >= 0.6 is 0 Å². The maximum Gasteiger partial charge on any atom is 2.00 e. The van der Waals surface area contributed by atoms with Gasteiger partial charge in [-0.25, -0.2) is 0 Å². The quantitative estimate of drug-likeness (QED) is 0.544. The van der Waals surface area contributed by atoms with E-state index in [1.807, 2.05) is 0 Å². The van der Waals surface area contributed by atoms with Crippen LogP contribution in [0.15, 0.2) is 48.5 Å². The van der Waals surface area contributed by atoms with E-state index in [0.29, 0.717) is 0 Å². The Morgan fingerprint density at radius 3 is 1.17 bits per heavy atom. The zero-order valence-corrected chi connectivity index (χ0v) is 8.24. The van der Waals surface area contributed by atoms with E-state index in [0.717, 1.165) is 0 Å². The molecule has 2 heteroatoms. The Morgan fingerprint density at radius 1 is 0.667 bits per heavy atom. The van der Waals surface area contributed by atoms with Crippen molar-refractivity contribution in [3.63, 3.8) is 0 Å². The van der Waals surface area contributed by atoms with Gasteiger partial charge in [-0.05, 0) is 10.8 Å². The van der Waals surface area contributed by atoms with Crippen molar-refractivity contribution < 1.29 is 8.33 Å². The SMILES string of the molecule is O.[H-].[H-].[Mg+2].c1ccc2ccccc2c1. The van der Waals surface area contributed by atoms with Crippen molar-refractivity contribution in [2.75, 3.05) is 0 Å². The van der Waals surface area contributed by atoms with Crippen molar-refractivity contribution >= 4 is 33.8 Å². The molecule has 2 aromatic carbocycles. The third kappa shape index (κ3) is 2.20. The summed E-state index contributed by atoms with van der Waals surface area (Å²) in [4.78, 5) is 0. The predicted octanol–water partition coefficient (Wildman–Crippen LogP) is 1.86. The number of rotatable bonds is 0. The topological polar surface area (TPSA) is 31.5 Å². The second kappa shape index (κ2) is 5.14. The number of hydrogen-bond donors (Lipinski definition) is 0. The van der Waals surface area contributed by atoms with Gasteiger partial charge in [0.05, 0.1) is 0 Å². The Bertz CT molecular complexity index is 289. The summed E-state index contributed by atoms with van der Waals surface area (Å²) in [5.74, 6) is 0. The van der Waals surface area contributed by atoms with E-state index in [2.05, 4.69) is 48.5 Å². The molecule has 60 valence electrons. The average molecular weight is 173 g/mol. The normalized spacial score (nSPS) is 8.33. The Hall–Kier alpha value is -0.574. The Balaban J connectivity index is -0.000000302. The predicted molar refractivity (Wildman–Crippen MR) is 55.5 cm³/mol. The van der Waals surface area contributed by atoms with Gasteiger partial charge in [-0.1, -0.05) is 48.5 Å². The molecule has 0 spiro atoms. The molecule has 0 atom stereocenters. The minimum Gasteiger partial charge on any atom is -1.00 e. The molecule has 0 radical (unpaired) electrons. The largest absolute Gasteiger partial charge is 2.00 e. The smallest absolute Gasteiger partial charge is 1.00 e. The average Bonchev–Trinajstić information content (AvgIpc) is 2.05. The van der Waals surface area contributed by atoms with Gasteiger partial charge < -0.3 is 8.33 Å². The molecule has 0 fully saturated rings. The van der Waals surface area contributed by atoms with Crippen LogP contribution in [-0.2, 0) is 0 Å². The van der Waals surface area contributed by atoms with Crippen LogP contribution in [0, 0.1) is 0 Å². The molecule has 2 N–H and O–H groups in total. The van der Waals surface area contributed by atoms with Crippen molar-refractivity contribution in [3.05, 3.63) is 48.5 Å². The van der Waals surface area contributed by atoms with E-state index in [9.17, 15) is 0 Å². The van der Waals surface area contributed by atoms with Gasteiger partial charge in [0, 0.05) is 0 Å². The molecule has 0 bridgehead atoms. The molecule has 0 aliphatic carbocycles. The fraction of sp³-hybridized carbons (Fsp3) is 0. The molecule has 0 aliphatic heterocycles. The molecule has 0 heterocycles. The fourth-order valence-corrected chi connectivity index (χ4v) is 1.13. The molecule has 0 aliphatic rings. The zero-order valence-electron chi connectivity index (χ0n) is 8.83. The van der Waals surface area contributed by atoms with E-state index >= 15 is 0 Å². The zero-order chi connectivity index (χ0) is 6.81. The molecule has 0 unspecified atom stereocenters. The summed E-state index contributed by atoms with van der Waals surface area (Å²) < 4.78 is 0. The Kier molecular flexibility index (Phi) is 4.89. The van der Waals surface area contributed by atoms with Crippen molar-refractivity contribution in [2.45, 2.75) is 0 Å². The molecular weight excluding hydrogens is 160 g/mol. The van der Waals surface area contributed by atoms with Crippen LogP contribution in [0.4, 0.5) is 0 Å². The van der Waals surface area contributed by atoms with Crippen LogP contribution in [0.25, 0.3) is 10.8 Å². The summed E-state index contributed by atoms with van der Waals surface area (Å²) >= 11 is 0.